The molecule has 1 aromatic heterocycles. The molecule has 1 saturated heterocycles. The second-order valence-corrected chi connectivity index (χ2v) is 3.64. The number of aliphatic hydroxyl groups excluding tert-OH is 1. The SMILES string of the molecule is Nc1ccn([C@H]2C[C@H](O)[C@@H](C[O])O2)c(=O)n1. The molecule has 1 aliphatic rings. The Morgan fingerprint density at radius 1 is 1.69 bits per heavy atom. The van der Waals surface area contributed by atoms with E-state index in [-0.39, 0.29) is 12.2 Å². The van der Waals surface area contributed by atoms with Crippen molar-refractivity contribution in [3.63, 3.8) is 0 Å². The van der Waals surface area contributed by atoms with E-state index >= 15 is 0 Å². The summed E-state index contributed by atoms with van der Waals surface area (Å²) in [6.45, 7) is -0.533. The van der Waals surface area contributed by atoms with Gasteiger partial charge in [-0.3, -0.25) is 4.57 Å². The minimum Gasteiger partial charge on any atom is -0.390 e. The quantitative estimate of drug-likeness (QED) is 0.665. The Morgan fingerprint density at radius 2 is 2.44 bits per heavy atom. The highest BCUT2D eigenvalue weighted by Gasteiger charge is 2.35. The van der Waals surface area contributed by atoms with E-state index in [1.54, 1.807) is 0 Å². The van der Waals surface area contributed by atoms with Gasteiger partial charge in [0.05, 0.1) is 6.10 Å². The average molecular weight is 226 g/mol. The maximum atomic E-state index is 11.5. The standard InChI is InChI=1S/C9H12N3O4/c10-7-1-2-12(9(15)11-7)8-3-5(14)6(4-13)16-8/h1-2,5-6,8,14H,3-4H2,(H2,10,11,15)/t5-,6+,8+/m0/s1. The second-order valence-electron chi connectivity index (χ2n) is 3.64. The van der Waals surface area contributed by atoms with Crippen LogP contribution in [0.1, 0.15) is 12.6 Å². The van der Waals surface area contributed by atoms with Crippen LogP contribution < -0.4 is 11.4 Å². The van der Waals surface area contributed by atoms with Crippen molar-refractivity contribution in [2.45, 2.75) is 24.9 Å². The lowest BCUT2D eigenvalue weighted by Gasteiger charge is -2.13. The third kappa shape index (κ3) is 1.92. The minimum atomic E-state index is -0.841. The van der Waals surface area contributed by atoms with Gasteiger partial charge >= 0.3 is 5.69 Å². The fraction of sp³-hybridized carbons (Fsp3) is 0.556. The van der Waals surface area contributed by atoms with Crippen molar-refractivity contribution >= 4 is 5.82 Å². The number of anilines is 1. The molecule has 0 unspecified atom stereocenters. The first kappa shape index (κ1) is 11.1. The molecule has 1 aromatic rings. The number of nitrogens with zero attached hydrogens (tertiary/aromatic N) is 2. The summed E-state index contributed by atoms with van der Waals surface area (Å²) in [5, 5.41) is 20.1. The van der Waals surface area contributed by atoms with Crippen molar-refractivity contribution < 1.29 is 14.9 Å². The predicted molar refractivity (Wildman–Crippen MR) is 53.0 cm³/mol. The highest BCUT2D eigenvalue weighted by molar-refractivity contribution is 5.23. The van der Waals surface area contributed by atoms with E-state index in [0.29, 0.717) is 0 Å². The molecule has 7 heteroatoms. The summed E-state index contributed by atoms with van der Waals surface area (Å²) in [4.78, 5) is 15.0. The molecule has 7 nitrogen and oxygen atoms in total. The fourth-order valence-corrected chi connectivity index (χ4v) is 1.68. The molecular formula is C9H12N3O4. The highest BCUT2D eigenvalue weighted by atomic mass is 16.5. The van der Waals surface area contributed by atoms with Crippen molar-refractivity contribution in [3.05, 3.63) is 22.7 Å². The van der Waals surface area contributed by atoms with Crippen molar-refractivity contribution in [1.82, 2.24) is 9.55 Å². The van der Waals surface area contributed by atoms with Crippen LogP contribution in [0.15, 0.2) is 17.1 Å². The monoisotopic (exact) mass is 226 g/mol. The molecule has 1 aliphatic heterocycles. The largest absolute Gasteiger partial charge is 0.390 e. The summed E-state index contributed by atoms with van der Waals surface area (Å²) in [6.07, 6.45) is -0.607. The Bertz CT molecular complexity index is 433. The Morgan fingerprint density at radius 3 is 3.00 bits per heavy atom. The van der Waals surface area contributed by atoms with Crippen molar-refractivity contribution in [2.24, 2.45) is 0 Å². The van der Waals surface area contributed by atoms with Crippen molar-refractivity contribution in [1.29, 1.82) is 0 Å². The zero-order valence-electron chi connectivity index (χ0n) is 8.44. The topological polar surface area (TPSA) is 110 Å². The van der Waals surface area contributed by atoms with Gasteiger partial charge in [-0.1, -0.05) is 0 Å². The van der Waals surface area contributed by atoms with E-state index in [2.05, 4.69) is 4.98 Å². The molecular weight excluding hydrogens is 214 g/mol. The smallest absolute Gasteiger partial charge is 0.351 e. The Balaban J connectivity index is 2.23. The van der Waals surface area contributed by atoms with Crippen LogP contribution in [0, 0.1) is 0 Å². The van der Waals surface area contributed by atoms with E-state index in [9.17, 15) is 15.0 Å². The number of ether oxygens (including phenoxy) is 1. The van der Waals surface area contributed by atoms with Crippen LogP contribution in [0.2, 0.25) is 0 Å². The first-order valence-corrected chi connectivity index (χ1v) is 4.88. The number of nitrogens with two attached hydrogens (primary N) is 1. The van der Waals surface area contributed by atoms with Gasteiger partial charge in [-0.2, -0.15) is 4.98 Å². The van der Waals surface area contributed by atoms with Gasteiger partial charge < -0.3 is 15.6 Å². The summed E-state index contributed by atoms with van der Waals surface area (Å²) < 4.78 is 6.47. The molecule has 87 valence electrons. The number of aromatic nitrogens is 2. The van der Waals surface area contributed by atoms with Crippen LogP contribution in [-0.4, -0.2) is 33.5 Å². The van der Waals surface area contributed by atoms with E-state index in [0.717, 1.165) is 0 Å². The summed E-state index contributed by atoms with van der Waals surface area (Å²) in [5.41, 5.74) is 4.79. The molecule has 1 radical (unpaired) electrons. The third-order valence-electron chi connectivity index (χ3n) is 2.53. The Hall–Kier alpha value is -1.44. The Labute approximate surface area is 91.1 Å². The van der Waals surface area contributed by atoms with E-state index in [4.69, 9.17) is 10.5 Å². The van der Waals surface area contributed by atoms with Crippen LogP contribution in [-0.2, 0) is 9.84 Å². The number of nitrogen functional groups attached to an aromatic ring is 1. The lowest BCUT2D eigenvalue weighted by Crippen LogP contribution is -2.27. The summed E-state index contributed by atoms with van der Waals surface area (Å²) >= 11 is 0. The molecule has 0 saturated carbocycles. The normalized spacial score (nSPS) is 29.5. The Kier molecular flexibility index (Phi) is 2.90. The zero-order valence-corrected chi connectivity index (χ0v) is 8.44. The maximum Gasteiger partial charge on any atom is 0.351 e. The third-order valence-corrected chi connectivity index (χ3v) is 2.53. The highest BCUT2D eigenvalue weighted by Crippen LogP contribution is 2.27. The lowest BCUT2D eigenvalue weighted by atomic mass is 10.2. The van der Waals surface area contributed by atoms with Crippen LogP contribution in [0.25, 0.3) is 0 Å². The van der Waals surface area contributed by atoms with Crippen LogP contribution in [0.5, 0.6) is 0 Å². The van der Waals surface area contributed by atoms with Gasteiger partial charge in [-0.15, -0.1) is 0 Å². The fourth-order valence-electron chi connectivity index (χ4n) is 1.68. The number of aliphatic hydroxyl groups is 1. The minimum absolute atomic E-state index is 0.125. The lowest BCUT2D eigenvalue weighted by molar-refractivity contribution is -0.0598. The van der Waals surface area contributed by atoms with Gasteiger partial charge in [0.2, 0.25) is 0 Å². The van der Waals surface area contributed by atoms with Gasteiger partial charge in [-0.25, -0.2) is 9.90 Å². The zero-order chi connectivity index (χ0) is 11.7. The van der Waals surface area contributed by atoms with Gasteiger partial charge in [-0.05, 0) is 6.07 Å². The molecule has 1 fully saturated rings. The average Bonchev–Trinajstić information content (AvgIpc) is 2.59. The van der Waals surface area contributed by atoms with E-state index in [1.165, 1.54) is 16.8 Å². The summed E-state index contributed by atoms with van der Waals surface area (Å²) in [6, 6.07) is 1.46. The van der Waals surface area contributed by atoms with Gasteiger partial charge in [0.25, 0.3) is 0 Å². The molecule has 2 heterocycles. The van der Waals surface area contributed by atoms with Gasteiger partial charge in [0.1, 0.15) is 24.8 Å². The molecule has 0 aliphatic carbocycles. The maximum absolute atomic E-state index is 11.5. The molecule has 0 spiro atoms. The van der Waals surface area contributed by atoms with E-state index < -0.39 is 30.7 Å². The predicted octanol–water partition coefficient (Wildman–Crippen LogP) is -1.10. The van der Waals surface area contributed by atoms with Crippen molar-refractivity contribution in [2.75, 3.05) is 12.3 Å². The number of hydrogen-bond acceptors (Lipinski definition) is 5. The molecule has 16 heavy (non-hydrogen) atoms. The molecule has 0 amide bonds. The van der Waals surface area contributed by atoms with Crippen molar-refractivity contribution in [3.8, 4) is 0 Å². The first-order valence-electron chi connectivity index (χ1n) is 4.88. The molecule has 3 N–H and O–H groups in total. The van der Waals surface area contributed by atoms with E-state index in [1.807, 2.05) is 0 Å². The molecule has 0 bridgehead atoms. The van der Waals surface area contributed by atoms with Gasteiger partial charge in [0, 0.05) is 12.6 Å². The first-order chi connectivity index (χ1) is 7.61. The summed E-state index contributed by atoms with van der Waals surface area (Å²) in [5.74, 6) is 0.125. The molecule has 2 rings (SSSR count). The number of hydrogen-bond donors (Lipinski definition) is 2. The van der Waals surface area contributed by atoms with Crippen LogP contribution in [0.4, 0.5) is 5.82 Å². The van der Waals surface area contributed by atoms with Crippen LogP contribution in [0.3, 0.4) is 0 Å². The molecule has 0 aromatic carbocycles. The molecule has 3 atom stereocenters. The van der Waals surface area contributed by atoms with Gasteiger partial charge in [0.15, 0.2) is 0 Å². The van der Waals surface area contributed by atoms with Crippen LogP contribution >= 0.6 is 0 Å². The summed E-state index contributed by atoms with van der Waals surface area (Å²) in [7, 11) is 0. The number of rotatable bonds is 2. The second kappa shape index (κ2) is 4.20.